The van der Waals surface area contributed by atoms with Crippen LogP contribution in [0.25, 0.3) is 0 Å². The fourth-order valence-corrected chi connectivity index (χ4v) is 2.82. The Labute approximate surface area is 180 Å². The van der Waals surface area contributed by atoms with Gasteiger partial charge in [-0.15, -0.1) is 0 Å². The monoisotopic (exact) mass is 413 g/mol. The number of Topliss-reactive ketones (excluding diaryl/α,β-unsaturated/α-hetero) is 2. The van der Waals surface area contributed by atoms with E-state index in [1.807, 2.05) is 20.8 Å². The second-order valence-corrected chi connectivity index (χ2v) is 7.22. The maximum Gasteiger partial charge on any atom is 0.305 e. The number of carbonyl (C=O) groups excluding carboxylic acids is 3. The van der Waals surface area contributed by atoms with Crippen LogP contribution in [0.4, 0.5) is 0 Å². The lowest BCUT2D eigenvalue weighted by Gasteiger charge is -2.20. The summed E-state index contributed by atoms with van der Waals surface area (Å²) in [6.07, 6.45) is 7.19. The maximum absolute atomic E-state index is 11.5. The number of esters is 1. The summed E-state index contributed by atoms with van der Waals surface area (Å²) in [5.41, 5.74) is 0. The molecule has 0 saturated carbocycles. The minimum atomic E-state index is -0.0990. The minimum Gasteiger partial charge on any atom is -0.466 e. The number of unbranched alkanes of at least 4 members (excludes halogenated alkanes) is 4. The predicted molar refractivity (Wildman–Crippen MR) is 117 cm³/mol. The van der Waals surface area contributed by atoms with E-state index in [-0.39, 0.29) is 44.1 Å². The summed E-state index contributed by atoms with van der Waals surface area (Å²) in [7, 11) is 3.25. The van der Waals surface area contributed by atoms with Crippen LogP contribution in [-0.4, -0.2) is 59.0 Å². The predicted octanol–water partition coefficient (Wildman–Crippen LogP) is 4.14. The van der Waals surface area contributed by atoms with Gasteiger partial charge in [0.1, 0.15) is 11.6 Å². The topological polar surface area (TPSA) is 78.9 Å². The molecule has 0 rings (SSSR count). The fourth-order valence-electron chi connectivity index (χ4n) is 2.82. The molecule has 0 aromatic carbocycles. The number of rotatable bonds is 15. The molecule has 0 fully saturated rings. The molecule has 0 aromatic heterocycles. The lowest BCUT2D eigenvalue weighted by atomic mass is 9.92. The van der Waals surface area contributed by atoms with Gasteiger partial charge >= 0.3 is 5.97 Å². The zero-order valence-corrected chi connectivity index (χ0v) is 19.6. The highest BCUT2D eigenvalue weighted by atomic mass is 16.5. The van der Waals surface area contributed by atoms with Gasteiger partial charge in [-0.2, -0.15) is 0 Å². The molecule has 3 radical (unpaired) electrons. The Kier molecular flexibility index (Phi) is 24.1. The average Bonchev–Trinajstić information content (AvgIpc) is 2.63. The van der Waals surface area contributed by atoms with Crippen LogP contribution in [0.5, 0.6) is 0 Å². The van der Waals surface area contributed by atoms with Crippen LogP contribution in [0, 0.1) is 5.92 Å². The van der Waals surface area contributed by atoms with Crippen LogP contribution in [-0.2, 0) is 28.6 Å². The van der Waals surface area contributed by atoms with Gasteiger partial charge in [-0.1, -0.05) is 25.7 Å². The number of hydrogen-bond donors (Lipinski definition) is 0. The van der Waals surface area contributed by atoms with E-state index in [0.29, 0.717) is 19.4 Å². The van der Waals surface area contributed by atoms with E-state index in [9.17, 15) is 14.4 Å². The number of ketones is 2. The van der Waals surface area contributed by atoms with E-state index in [4.69, 9.17) is 14.2 Å². The third-order valence-electron chi connectivity index (χ3n) is 4.64. The molecule has 0 aliphatic heterocycles. The van der Waals surface area contributed by atoms with Crippen molar-refractivity contribution in [2.75, 3.05) is 20.8 Å². The minimum absolute atomic E-state index is 0. The van der Waals surface area contributed by atoms with Crippen molar-refractivity contribution in [3.8, 4) is 0 Å². The number of hydrogen-bond acceptors (Lipinski definition) is 6. The Bertz CT molecular complexity index is 428. The summed E-state index contributed by atoms with van der Waals surface area (Å²) >= 11 is 0. The Morgan fingerprint density at radius 1 is 0.862 bits per heavy atom. The third kappa shape index (κ3) is 21.3. The van der Waals surface area contributed by atoms with Gasteiger partial charge in [0.2, 0.25) is 0 Å². The Balaban J connectivity index is -0.000000636. The highest BCUT2D eigenvalue weighted by Crippen LogP contribution is 2.18. The van der Waals surface area contributed by atoms with Crippen molar-refractivity contribution < 1.29 is 28.6 Å². The van der Waals surface area contributed by atoms with Gasteiger partial charge in [-0.05, 0) is 47.5 Å². The van der Waals surface area contributed by atoms with Gasteiger partial charge in [0, 0.05) is 41.4 Å². The maximum atomic E-state index is 11.5. The van der Waals surface area contributed by atoms with Crippen LogP contribution in [0.15, 0.2) is 0 Å². The zero-order valence-electron chi connectivity index (χ0n) is 19.6. The molecule has 0 aromatic rings. The highest BCUT2D eigenvalue weighted by molar-refractivity contribution is 5.78. The lowest BCUT2D eigenvalue weighted by molar-refractivity contribution is -0.143. The molecule has 0 aliphatic rings. The molecule has 169 valence electrons. The lowest BCUT2D eigenvalue weighted by Crippen LogP contribution is -2.25. The largest absolute Gasteiger partial charge is 0.466 e. The molecule has 0 aliphatic carbocycles. The summed E-state index contributed by atoms with van der Waals surface area (Å²) in [5, 5.41) is 0. The Morgan fingerprint density at radius 3 is 1.83 bits per heavy atom. The molecule has 6 nitrogen and oxygen atoms in total. The van der Waals surface area contributed by atoms with E-state index in [0.717, 1.165) is 38.5 Å². The van der Waals surface area contributed by atoms with Crippen molar-refractivity contribution in [3.63, 3.8) is 0 Å². The summed E-state index contributed by atoms with van der Waals surface area (Å²) < 4.78 is 15.0. The van der Waals surface area contributed by atoms with Crippen LogP contribution >= 0.6 is 0 Å². The molecular weight excluding hydrogens is 371 g/mol. The van der Waals surface area contributed by atoms with Crippen molar-refractivity contribution in [1.29, 1.82) is 0 Å². The van der Waals surface area contributed by atoms with Gasteiger partial charge in [0.05, 0.1) is 18.8 Å². The first-order valence-electron chi connectivity index (χ1n) is 10.4. The van der Waals surface area contributed by atoms with Crippen molar-refractivity contribution >= 4 is 25.9 Å². The summed E-state index contributed by atoms with van der Waals surface area (Å²) in [5.74, 6) is 0.304. The normalized spacial score (nSPS) is 13.2. The zero-order chi connectivity index (χ0) is 21.9. The summed E-state index contributed by atoms with van der Waals surface area (Å²) in [6.45, 7) is 9.31. The van der Waals surface area contributed by atoms with E-state index in [1.54, 1.807) is 28.1 Å². The number of ether oxygens (including phenoxy) is 3. The fraction of sp³-hybridized carbons (Fsp3) is 0.864. The molecule has 0 heterocycles. The molecule has 0 saturated heterocycles. The smallest absolute Gasteiger partial charge is 0.305 e. The molecule has 7 heteroatoms. The second kappa shape index (κ2) is 21.5. The van der Waals surface area contributed by atoms with Crippen molar-refractivity contribution in [2.45, 2.75) is 98.2 Å². The molecule has 0 N–H and O–H groups in total. The second-order valence-electron chi connectivity index (χ2n) is 7.22. The number of methoxy groups -OCH3 is 2. The van der Waals surface area contributed by atoms with E-state index >= 15 is 0 Å². The molecule has 3 unspecified atom stereocenters. The van der Waals surface area contributed by atoms with Crippen LogP contribution in [0.2, 0.25) is 0 Å². The Hall–Kier alpha value is -1.21. The first kappa shape index (κ1) is 32.5. The molecular formula is C22H42BO6. The van der Waals surface area contributed by atoms with Gasteiger partial charge in [-0.25, -0.2) is 0 Å². The van der Waals surface area contributed by atoms with Crippen LogP contribution in [0.3, 0.4) is 0 Å². The highest BCUT2D eigenvalue weighted by Gasteiger charge is 2.20. The van der Waals surface area contributed by atoms with Gasteiger partial charge in [0.25, 0.3) is 0 Å². The van der Waals surface area contributed by atoms with Crippen molar-refractivity contribution in [3.05, 3.63) is 0 Å². The van der Waals surface area contributed by atoms with Crippen LogP contribution < -0.4 is 0 Å². The first-order valence-corrected chi connectivity index (χ1v) is 10.4. The van der Waals surface area contributed by atoms with Gasteiger partial charge in [-0.3, -0.25) is 14.4 Å². The average molecular weight is 413 g/mol. The number of carbonyl (C=O) groups is 3. The standard InChI is InChI=1S/C16H30O4.C6H12O2.B/c1-5-20-16(18)12-10-8-6-7-9-11-15(13(2)17)14(3)19-4;1-5(7)4-6(2)8-3;/h14-15H,5-12H2,1-4H3;6H,4H2,1-3H3;. The molecule has 29 heavy (non-hydrogen) atoms. The molecule has 0 bridgehead atoms. The van der Waals surface area contributed by atoms with E-state index < -0.39 is 0 Å². The van der Waals surface area contributed by atoms with E-state index in [2.05, 4.69) is 0 Å². The van der Waals surface area contributed by atoms with Gasteiger partial charge in [0.15, 0.2) is 0 Å². The SMILES string of the molecule is CCOC(=O)CCCCCCCC(C(C)=O)C(C)OC.COC(C)CC(C)=O.[B]. The first-order chi connectivity index (χ1) is 13.2. The third-order valence-corrected chi connectivity index (χ3v) is 4.64. The quantitative estimate of drug-likeness (QED) is 0.228. The molecule has 3 atom stereocenters. The summed E-state index contributed by atoms with van der Waals surface area (Å²) in [4.78, 5) is 33.0. The molecule has 0 spiro atoms. The molecule has 0 amide bonds. The van der Waals surface area contributed by atoms with Crippen molar-refractivity contribution in [1.82, 2.24) is 0 Å². The van der Waals surface area contributed by atoms with Gasteiger partial charge < -0.3 is 14.2 Å². The Morgan fingerprint density at radius 2 is 1.41 bits per heavy atom. The van der Waals surface area contributed by atoms with Crippen molar-refractivity contribution in [2.24, 2.45) is 5.92 Å². The summed E-state index contributed by atoms with van der Waals surface area (Å²) in [6, 6.07) is 0. The van der Waals surface area contributed by atoms with Crippen LogP contribution in [0.1, 0.15) is 86.0 Å². The van der Waals surface area contributed by atoms with E-state index in [1.165, 1.54) is 0 Å².